The highest BCUT2D eigenvalue weighted by molar-refractivity contribution is 7.91. The summed E-state index contributed by atoms with van der Waals surface area (Å²) in [5.41, 5.74) is 2.26. The molecule has 1 aliphatic carbocycles. The minimum absolute atomic E-state index is 0.0146. The number of nitrogens with one attached hydrogen (secondary N) is 2. The van der Waals surface area contributed by atoms with Crippen LogP contribution in [0.1, 0.15) is 30.3 Å². The van der Waals surface area contributed by atoms with E-state index < -0.39 is 58.3 Å². The van der Waals surface area contributed by atoms with Crippen LogP contribution in [0.25, 0.3) is 20.8 Å². The van der Waals surface area contributed by atoms with Gasteiger partial charge in [0.05, 0.1) is 44.4 Å². The fraction of sp³-hybridized carbons (Fsp3) is 0.429. The van der Waals surface area contributed by atoms with Crippen molar-refractivity contribution >= 4 is 43.2 Å². The predicted octanol–water partition coefficient (Wildman–Crippen LogP) is 4.44. The largest absolute Gasteiger partial charge is 0.405 e. The van der Waals surface area contributed by atoms with Crippen LogP contribution in [0.2, 0.25) is 0 Å². The number of aryl methyl sites for hydroxylation is 3. The third-order valence-electron chi connectivity index (χ3n) is 7.51. The van der Waals surface area contributed by atoms with Gasteiger partial charge in [0, 0.05) is 12.1 Å². The van der Waals surface area contributed by atoms with Crippen LogP contribution in [-0.2, 0) is 16.3 Å². The molecule has 5 rings (SSSR count). The fourth-order valence-electron chi connectivity index (χ4n) is 5.26. The zero-order valence-electron chi connectivity index (χ0n) is 23.9. The lowest BCUT2D eigenvalue weighted by Gasteiger charge is -2.21. The Bertz CT molecular complexity index is 1800. The van der Waals surface area contributed by atoms with E-state index in [1.54, 1.807) is 19.2 Å². The molecule has 1 saturated carbocycles. The van der Waals surface area contributed by atoms with Crippen molar-refractivity contribution in [1.29, 1.82) is 0 Å². The molecule has 0 aliphatic heterocycles. The molecule has 0 unspecified atom stereocenters. The van der Waals surface area contributed by atoms with Crippen molar-refractivity contribution < 1.29 is 36.2 Å². The zero-order chi connectivity index (χ0) is 32.0. The number of hydrogen-bond donors (Lipinski definition) is 4. The summed E-state index contributed by atoms with van der Waals surface area (Å²) in [6.07, 6.45) is -5.15. The number of thiazole rings is 1. The third-order valence-corrected chi connectivity index (χ3v) is 10.4. The Morgan fingerprint density at radius 3 is 2.52 bits per heavy atom. The number of halogens is 4. The number of aromatic nitrogens is 4. The van der Waals surface area contributed by atoms with E-state index in [9.17, 15) is 36.2 Å². The molecule has 10 nitrogen and oxygen atoms in total. The molecule has 0 spiro atoms. The van der Waals surface area contributed by atoms with Gasteiger partial charge in [0.25, 0.3) is 0 Å². The van der Waals surface area contributed by atoms with Crippen LogP contribution in [0.4, 0.5) is 29.3 Å². The molecular weight excluding hydrogens is 624 g/mol. The van der Waals surface area contributed by atoms with E-state index in [-0.39, 0.29) is 28.6 Å². The van der Waals surface area contributed by atoms with Crippen molar-refractivity contribution in [3.05, 3.63) is 53.2 Å². The second-order valence-electron chi connectivity index (χ2n) is 10.7. The molecule has 44 heavy (non-hydrogen) atoms. The molecule has 3 aromatic heterocycles. The van der Waals surface area contributed by atoms with Gasteiger partial charge in [-0.3, -0.25) is 4.98 Å². The third kappa shape index (κ3) is 6.62. The van der Waals surface area contributed by atoms with Gasteiger partial charge in [-0.05, 0) is 56.5 Å². The maximum Gasteiger partial charge on any atom is 0.405 e. The van der Waals surface area contributed by atoms with Gasteiger partial charge in [-0.25, -0.2) is 22.8 Å². The number of aliphatic hydroxyl groups excluding tert-OH is 2. The second kappa shape index (κ2) is 12.1. The molecule has 0 bridgehead atoms. The van der Waals surface area contributed by atoms with Crippen molar-refractivity contribution in [3.63, 3.8) is 0 Å². The lowest BCUT2D eigenvalue weighted by Crippen LogP contribution is -2.36. The van der Waals surface area contributed by atoms with Gasteiger partial charge < -0.3 is 20.8 Å². The van der Waals surface area contributed by atoms with Crippen molar-refractivity contribution in [2.75, 3.05) is 22.9 Å². The average molecular weight is 655 g/mol. The summed E-state index contributed by atoms with van der Waals surface area (Å²) in [5.74, 6) is -2.25. The minimum Gasteiger partial charge on any atom is -0.390 e. The summed E-state index contributed by atoms with van der Waals surface area (Å²) >= 11 is 1.31. The van der Waals surface area contributed by atoms with Gasteiger partial charge in [0.15, 0.2) is 9.84 Å². The maximum absolute atomic E-state index is 13.7. The Balaban J connectivity index is 1.48. The number of nitrogens with zero attached hydrogens (tertiary/aromatic N) is 4. The molecule has 4 atom stereocenters. The Morgan fingerprint density at radius 2 is 1.84 bits per heavy atom. The van der Waals surface area contributed by atoms with Gasteiger partial charge in [-0.1, -0.05) is 6.92 Å². The van der Waals surface area contributed by atoms with E-state index in [1.807, 2.05) is 6.92 Å². The highest BCUT2D eigenvalue weighted by Crippen LogP contribution is 2.39. The maximum atomic E-state index is 13.7. The van der Waals surface area contributed by atoms with Crippen molar-refractivity contribution in [2.45, 2.75) is 62.9 Å². The molecule has 236 valence electrons. The van der Waals surface area contributed by atoms with Crippen LogP contribution < -0.4 is 10.6 Å². The number of benzene rings is 1. The van der Waals surface area contributed by atoms with Crippen LogP contribution in [0.5, 0.6) is 0 Å². The van der Waals surface area contributed by atoms with Gasteiger partial charge in [-0.2, -0.15) is 18.2 Å². The van der Waals surface area contributed by atoms with Crippen LogP contribution >= 0.6 is 11.3 Å². The predicted molar refractivity (Wildman–Crippen MR) is 158 cm³/mol. The van der Waals surface area contributed by atoms with Crippen LogP contribution in [0.3, 0.4) is 0 Å². The first-order valence-corrected chi connectivity index (χ1v) is 16.2. The fourth-order valence-corrected chi connectivity index (χ4v) is 8.06. The molecule has 4 aromatic rings. The molecule has 1 aliphatic rings. The van der Waals surface area contributed by atoms with E-state index in [4.69, 9.17) is 4.98 Å². The number of fused-ring (bicyclic) bond motifs is 1. The molecule has 1 aromatic carbocycles. The first-order chi connectivity index (χ1) is 20.7. The summed E-state index contributed by atoms with van der Waals surface area (Å²) in [6, 6.07) is 4.28. The highest BCUT2D eigenvalue weighted by Gasteiger charge is 2.44. The van der Waals surface area contributed by atoms with Crippen LogP contribution in [-0.4, -0.2) is 75.3 Å². The Labute approximate surface area is 254 Å². The van der Waals surface area contributed by atoms with Crippen molar-refractivity contribution in [2.24, 2.45) is 5.92 Å². The van der Waals surface area contributed by atoms with Crippen LogP contribution in [0.15, 0.2) is 35.4 Å². The summed E-state index contributed by atoms with van der Waals surface area (Å²) in [5, 5.41) is 27.4. The SMILES string of the molecule is CCc1nccc2sc(-c3c(C)nc(NCC(F)(F)F)nc3N[C@@H]3C[C@H](CS(=O)(=O)c4ccc(F)c(C)c4)[C@@H](O)[C@H]3O)nc12. The number of hydrogen-bond acceptors (Lipinski definition) is 11. The first-order valence-electron chi connectivity index (χ1n) is 13.7. The number of anilines is 2. The zero-order valence-corrected chi connectivity index (χ0v) is 25.5. The summed E-state index contributed by atoms with van der Waals surface area (Å²) in [7, 11) is -3.96. The van der Waals surface area contributed by atoms with Gasteiger partial charge in [0.2, 0.25) is 5.95 Å². The quantitative estimate of drug-likeness (QED) is 0.151. The topological polar surface area (TPSA) is 150 Å². The second-order valence-corrected chi connectivity index (χ2v) is 13.8. The van der Waals surface area contributed by atoms with Gasteiger partial charge in [-0.15, -0.1) is 11.3 Å². The minimum atomic E-state index is -4.53. The summed E-state index contributed by atoms with van der Waals surface area (Å²) in [6.45, 7) is 3.58. The molecule has 0 radical (unpaired) electrons. The van der Waals surface area contributed by atoms with Gasteiger partial charge >= 0.3 is 6.18 Å². The highest BCUT2D eigenvalue weighted by atomic mass is 32.2. The monoisotopic (exact) mass is 654 g/mol. The van der Waals surface area contributed by atoms with E-state index in [0.29, 0.717) is 28.2 Å². The lowest BCUT2D eigenvalue weighted by atomic mass is 10.1. The van der Waals surface area contributed by atoms with Gasteiger partial charge in [0.1, 0.15) is 34.8 Å². The number of pyridine rings is 1. The number of aliphatic hydroxyl groups is 2. The van der Waals surface area contributed by atoms with E-state index >= 15 is 0 Å². The molecule has 0 amide bonds. The van der Waals surface area contributed by atoms with Crippen molar-refractivity contribution in [1.82, 2.24) is 19.9 Å². The normalized spacial score (nSPS) is 20.8. The smallest absolute Gasteiger partial charge is 0.390 e. The number of alkyl halides is 3. The lowest BCUT2D eigenvalue weighted by molar-refractivity contribution is -0.115. The van der Waals surface area contributed by atoms with Crippen LogP contribution in [0, 0.1) is 25.6 Å². The first kappa shape index (κ1) is 31.9. The Kier molecular flexibility index (Phi) is 8.81. The molecule has 16 heteroatoms. The van der Waals surface area contributed by atoms with E-state index in [2.05, 4.69) is 25.6 Å². The number of rotatable bonds is 9. The number of sulfone groups is 1. The molecular formula is C28H30F4N6O4S2. The summed E-state index contributed by atoms with van der Waals surface area (Å²) in [4.78, 5) is 17.5. The molecule has 0 saturated heterocycles. The molecule has 1 fully saturated rings. The molecule has 3 heterocycles. The van der Waals surface area contributed by atoms with E-state index in [0.717, 1.165) is 22.5 Å². The average Bonchev–Trinajstić information content (AvgIpc) is 3.49. The van der Waals surface area contributed by atoms with Crippen molar-refractivity contribution in [3.8, 4) is 10.6 Å². The summed E-state index contributed by atoms with van der Waals surface area (Å²) < 4.78 is 79.7. The Morgan fingerprint density at radius 1 is 1.09 bits per heavy atom. The standard InChI is InChI=1S/C28H30F4N6O4S2/c1-4-18-22-20(7-8-33-18)43-26(37-22)21-14(3)35-27(34-12-28(30,31)32)38-25(21)36-19-10-15(23(39)24(19)40)11-44(41,42)16-5-6-17(29)13(2)9-16/h5-9,15,19,23-24,39-40H,4,10-12H2,1-3H3,(H2,34,35,36,38)/t15-,19-,23-,24+/m1/s1. The molecule has 4 N–H and O–H groups in total. The Hall–Kier alpha value is -3.47. The van der Waals surface area contributed by atoms with E-state index in [1.165, 1.54) is 24.3 Å².